The number of nitrogens with one attached hydrogen (secondary N) is 2. The van der Waals surface area contributed by atoms with Crippen molar-refractivity contribution in [2.75, 3.05) is 0 Å². The van der Waals surface area contributed by atoms with Gasteiger partial charge in [0, 0.05) is 16.3 Å². The Morgan fingerprint density at radius 2 is 2.10 bits per heavy atom. The van der Waals surface area contributed by atoms with Crippen LogP contribution in [0.1, 0.15) is 40.7 Å². The quantitative estimate of drug-likeness (QED) is 0.676. The minimum absolute atomic E-state index is 0.275. The van der Waals surface area contributed by atoms with Crippen molar-refractivity contribution in [1.29, 1.82) is 0 Å². The molecular weight excluding hydrogens is 288 g/mol. The molecule has 0 aliphatic heterocycles. The predicted molar refractivity (Wildman–Crippen MR) is 81.7 cm³/mol. The summed E-state index contributed by atoms with van der Waals surface area (Å²) in [5, 5.41) is 11.8. The maximum atomic E-state index is 12.1. The van der Waals surface area contributed by atoms with Gasteiger partial charge in [-0.15, -0.1) is 0 Å². The number of hydrogen-bond acceptors (Lipinski definition) is 3. The summed E-state index contributed by atoms with van der Waals surface area (Å²) in [5.41, 5.74) is 6.73. The molecule has 0 fully saturated rings. The van der Waals surface area contributed by atoms with Gasteiger partial charge in [-0.2, -0.15) is 10.2 Å². The van der Waals surface area contributed by atoms with Gasteiger partial charge in [-0.1, -0.05) is 23.7 Å². The molecule has 1 heterocycles. The number of nitrogens with zero attached hydrogens (tertiary/aromatic N) is 2. The third-order valence-corrected chi connectivity index (χ3v) is 3.86. The molecule has 0 atom stereocenters. The second-order valence-corrected chi connectivity index (χ2v) is 5.46. The summed E-state index contributed by atoms with van der Waals surface area (Å²) in [4.78, 5) is 12.1. The third-order valence-electron chi connectivity index (χ3n) is 3.61. The fourth-order valence-electron chi connectivity index (χ4n) is 2.45. The highest BCUT2D eigenvalue weighted by Gasteiger charge is 2.22. The standard InChI is InChI=1S/C15H15ClN4O/c1-9(10-5-7-11(16)8-6-10)17-20-15(21)14-12-3-2-4-13(12)18-19-14/h5-8H,2-4H2,1H3,(H,18,19)(H,20,21)/b17-9-. The molecule has 21 heavy (non-hydrogen) atoms. The molecule has 2 N–H and O–H groups in total. The van der Waals surface area contributed by atoms with Crippen LogP contribution in [0.3, 0.4) is 0 Å². The average molecular weight is 303 g/mol. The average Bonchev–Trinajstić information content (AvgIpc) is 3.08. The number of aromatic nitrogens is 2. The van der Waals surface area contributed by atoms with Crippen LogP contribution in [0.5, 0.6) is 0 Å². The molecule has 0 spiro atoms. The molecule has 1 aromatic carbocycles. The highest BCUT2D eigenvalue weighted by Crippen LogP contribution is 2.22. The molecule has 6 heteroatoms. The molecule has 3 rings (SSSR count). The van der Waals surface area contributed by atoms with E-state index in [2.05, 4.69) is 20.7 Å². The van der Waals surface area contributed by atoms with Crippen molar-refractivity contribution in [1.82, 2.24) is 15.6 Å². The number of amides is 1. The monoisotopic (exact) mass is 302 g/mol. The lowest BCUT2D eigenvalue weighted by Gasteiger charge is -2.02. The number of carbonyl (C=O) groups is 1. The van der Waals surface area contributed by atoms with Crippen LogP contribution >= 0.6 is 11.6 Å². The summed E-state index contributed by atoms with van der Waals surface area (Å²) in [5.74, 6) is -0.275. The van der Waals surface area contributed by atoms with Crippen LogP contribution in [0.4, 0.5) is 0 Å². The Morgan fingerprint density at radius 3 is 2.86 bits per heavy atom. The van der Waals surface area contributed by atoms with E-state index in [1.165, 1.54) is 0 Å². The first-order valence-electron chi connectivity index (χ1n) is 6.82. The molecule has 0 unspecified atom stereocenters. The molecule has 5 nitrogen and oxygen atoms in total. The van der Waals surface area contributed by atoms with Crippen molar-refractivity contribution in [2.45, 2.75) is 26.2 Å². The second kappa shape index (κ2) is 5.69. The van der Waals surface area contributed by atoms with Crippen LogP contribution in [-0.4, -0.2) is 21.8 Å². The van der Waals surface area contributed by atoms with E-state index in [4.69, 9.17) is 11.6 Å². The van der Waals surface area contributed by atoms with Crippen LogP contribution < -0.4 is 5.43 Å². The molecule has 0 saturated heterocycles. The van der Waals surface area contributed by atoms with Crippen molar-refractivity contribution in [3.63, 3.8) is 0 Å². The summed E-state index contributed by atoms with van der Waals surface area (Å²) in [6.07, 6.45) is 2.92. The Morgan fingerprint density at radius 1 is 1.33 bits per heavy atom. The Kier molecular flexibility index (Phi) is 3.75. The lowest BCUT2D eigenvalue weighted by Crippen LogP contribution is -2.21. The molecule has 1 aromatic heterocycles. The summed E-state index contributed by atoms with van der Waals surface area (Å²) in [6, 6.07) is 7.30. The highest BCUT2D eigenvalue weighted by atomic mass is 35.5. The maximum absolute atomic E-state index is 12.1. The number of carbonyl (C=O) groups excluding carboxylic acids is 1. The van der Waals surface area contributed by atoms with Gasteiger partial charge in [-0.25, -0.2) is 5.43 Å². The van der Waals surface area contributed by atoms with E-state index >= 15 is 0 Å². The molecule has 1 amide bonds. The molecular formula is C15H15ClN4O. The molecule has 108 valence electrons. The van der Waals surface area contributed by atoms with Crippen LogP contribution in [0.15, 0.2) is 29.4 Å². The zero-order chi connectivity index (χ0) is 14.8. The van der Waals surface area contributed by atoms with E-state index < -0.39 is 0 Å². The summed E-state index contributed by atoms with van der Waals surface area (Å²) >= 11 is 5.84. The van der Waals surface area contributed by atoms with Crippen molar-refractivity contribution >= 4 is 23.2 Å². The van der Waals surface area contributed by atoms with Gasteiger partial charge in [0.15, 0.2) is 5.69 Å². The summed E-state index contributed by atoms with van der Waals surface area (Å²) in [6.45, 7) is 1.83. The molecule has 2 aromatic rings. The zero-order valence-electron chi connectivity index (χ0n) is 11.6. The molecule has 0 saturated carbocycles. The van der Waals surface area contributed by atoms with Crippen molar-refractivity contribution in [3.8, 4) is 0 Å². The van der Waals surface area contributed by atoms with E-state index in [0.717, 1.165) is 36.1 Å². The van der Waals surface area contributed by atoms with E-state index in [9.17, 15) is 4.79 Å². The lowest BCUT2D eigenvalue weighted by molar-refractivity contribution is 0.0949. The molecule has 0 bridgehead atoms. The normalized spacial score (nSPS) is 14.1. The van der Waals surface area contributed by atoms with Crippen LogP contribution in [-0.2, 0) is 12.8 Å². The van der Waals surface area contributed by atoms with Crippen molar-refractivity contribution in [2.24, 2.45) is 5.10 Å². The topological polar surface area (TPSA) is 70.1 Å². The van der Waals surface area contributed by atoms with E-state index in [1.54, 1.807) is 12.1 Å². The number of H-pyrrole nitrogens is 1. The highest BCUT2D eigenvalue weighted by molar-refractivity contribution is 6.30. The first kappa shape index (κ1) is 13.8. The first-order chi connectivity index (χ1) is 10.1. The van der Waals surface area contributed by atoms with E-state index in [0.29, 0.717) is 16.4 Å². The van der Waals surface area contributed by atoms with Gasteiger partial charge in [-0.05, 0) is 43.9 Å². The van der Waals surface area contributed by atoms with Crippen molar-refractivity contribution < 1.29 is 4.79 Å². The number of halogens is 1. The number of benzene rings is 1. The second-order valence-electron chi connectivity index (χ2n) is 5.03. The SMILES string of the molecule is C/C(=N/NC(=O)c1n[nH]c2c1CCC2)c1ccc(Cl)cc1. The van der Waals surface area contributed by atoms with Gasteiger partial charge in [-0.3, -0.25) is 9.89 Å². The fourth-order valence-corrected chi connectivity index (χ4v) is 2.58. The van der Waals surface area contributed by atoms with Crippen LogP contribution in [0, 0.1) is 0 Å². The smallest absolute Gasteiger partial charge is 0.281 e. The summed E-state index contributed by atoms with van der Waals surface area (Å²) < 4.78 is 0. The summed E-state index contributed by atoms with van der Waals surface area (Å²) in [7, 11) is 0. The fraction of sp³-hybridized carbons (Fsp3) is 0.267. The van der Waals surface area contributed by atoms with Gasteiger partial charge in [0.05, 0.1) is 5.71 Å². The Labute approximate surface area is 127 Å². The first-order valence-corrected chi connectivity index (χ1v) is 7.19. The van der Waals surface area contributed by atoms with E-state index in [-0.39, 0.29) is 5.91 Å². The number of aryl methyl sites for hydroxylation is 1. The van der Waals surface area contributed by atoms with Crippen LogP contribution in [0.25, 0.3) is 0 Å². The lowest BCUT2D eigenvalue weighted by atomic mass is 10.1. The van der Waals surface area contributed by atoms with Crippen molar-refractivity contribution in [3.05, 3.63) is 51.8 Å². The molecule has 0 radical (unpaired) electrons. The molecule has 1 aliphatic carbocycles. The Balaban J connectivity index is 1.72. The van der Waals surface area contributed by atoms with Gasteiger partial charge >= 0.3 is 0 Å². The van der Waals surface area contributed by atoms with Gasteiger partial charge in [0.2, 0.25) is 0 Å². The van der Waals surface area contributed by atoms with Gasteiger partial charge in [0.1, 0.15) is 0 Å². The number of hydrazone groups is 1. The minimum atomic E-state index is -0.275. The number of hydrogen-bond donors (Lipinski definition) is 2. The Hall–Kier alpha value is -2.14. The Bertz CT molecular complexity index is 703. The number of rotatable bonds is 3. The maximum Gasteiger partial charge on any atom is 0.292 e. The number of fused-ring (bicyclic) bond motifs is 1. The number of aromatic amines is 1. The largest absolute Gasteiger partial charge is 0.292 e. The predicted octanol–water partition coefficient (Wildman–Crippen LogP) is 2.71. The van der Waals surface area contributed by atoms with Crippen LogP contribution in [0.2, 0.25) is 5.02 Å². The zero-order valence-corrected chi connectivity index (χ0v) is 12.4. The van der Waals surface area contributed by atoms with Gasteiger partial charge < -0.3 is 0 Å². The minimum Gasteiger partial charge on any atom is -0.281 e. The van der Waals surface area contributed by atoms with E-state index in [1.807, 2.05) is 19.1 Å². The third kappa shape index (κ3) is 2.83. The molecule has 1 aliphatic rings. The van der Waals surface area contributed by atoms with Gasteiger partial charge in [0.25, 0.3) is 5.91 Å².